The van der Waals surface area contributed by atoms with Crippen LogP contribution in [0.3, 0.4) is 0 Å². The molecule has 6 heteroatoms. The minimum Gasteiger partial charge on any atom is -0.465 e. The Morgan fingerprint density at radius 3 is 2.61 bits per heavy atom. The molecule has 1 saturated heterocycles. The van der Waals surface area contributed by atoms with E-state index in [1.807, 2.05) is 18.2 Å². The van der Waals surface area contributed by atoms with Crippen molar-refractivity contribution >= 4 is 42.2 Å². The highest BCUT2D eigenvalue weighted by atomic mass is 127. The predicted octanol–water partition coefficient (Wildman–Crippen LogP) is 3.65. The van der Waals surface area contributed by atoms with Crippen molar-refractivity contribution in [2.24, 2.45) is 5.92 Å². The van der Waals surface area contributed by atoms with Gasteiger partial charge in [-0.05, 0) is 31.7 Å². The number of nitrogens with zero attached hydrogens (tertiary/aromatic N) is 1. The van der Waals surface area contributed by atoms with Gasteiger partial charge in [-0.2, -0.15) is 0 Å². The second kappa shape index (κ2) is 10.6. The maximum absolute atomic E-state index is 12.3. The number of amides is 1. The zero-order valence-corrected chi connectivity index (χ0v) is 16.0. The van der Waals surface area contributed by atoms with Gasteiger partial charge in [-0.15, -0.1) is 12.8 Å². The van der Waals surface area contributed by atoms with Gasteiger partial charge in [-0.3, -0.25) is 13.9 Å². The maximum atomic E-state index is 12.3. The van der Waals surface area contributed by atoms with Gasteiger partial charge in [0.2, 0.25) is 5.91 Å². The summed E-state index contributed by atoms with van der Waals surface area (Å²) in [7, 11) is 1.37. The van der Waals surface area contributed by atoms with E-state index in [1.165, 1.54) is 14.7 Å². The Kier molecular flexibility index (Phi) is 9.10. The van der Waals surface area contributed by atoms with Gasteiger partial charge in [0.25, 0.3) is 0 Å². The van der Waals surface area contributed by atoms with Crippen molar-refractivity contribution in [3.8, 4) is 12.8 Å². The number of rotatable bonds is 6. The van der Waals surface area contributed by atoms with Crippen LogP contribution in [-0.4, -0.2) is 28.8 Å². The minimum atomic E-state index is -0.631. The molecule has 1 amide bonds. The van der Waals surface area contributed by atoms with Crippen LogP contribution in [0.25, 0.3) is 0 Å². The summed E-state index contributed by atoms with van der Waals surface area (Å²) in [6.07, 6.45) is 10.3. The van der Waals surface area contributed by atoms with E-state index < -0.39 is 5.92 Å². The largest absolute Gasteiger partial charge is 0.465 e. The average molecular weight is 445 g/mol. The number of ether oxygens (including phenoxy) is 1. The van der Waals surface area contributed by atoms with Crippen LogP contribution in [0.15, 0.2) is 30.3 Å². The van der Waals surface area contributed by atoms with Gasteiger partial charge in [0, 0.05) is 36.4 Å². The molecule has 1 aromatic carbocycles. The standard InChI is InChI=1S/C15H18INO3S.C2H2/c1-2-20-15(19)13-10-12(17(21-16)14(13)18)9-8-11-6-4-3-5-7-11;1-2/h3-7,12-13H,2,8-10H2,1H3;1-2H/t12-,13+;/m1./s1. The summed E-state index contributed by atoms with van der Waals surface area (Å²) >= 11 is 2.10. The highest BCUT2D eigenvalue weighted by molar-refractivity contribution is 14.2. The van der Waals surface area contributed by atoms with Crippen molar-refractivity contribution in [3.63, 3.8) is 0 Å². The van der Waals surface area contributed by atoms with Crippen LogP contribution in [0.1, 0.15) is 25.3 Å². The fourth-order valence-electron chi connectivity index (χ4n) is 2.55. The second-order valence-corrected chi connectivity index (χ2v) is 6.66. The summed E-state index contributed by atoms with van der Waals surface area (Å²) in [5.74, 6) is -1.14. The van der Waals surface area contributed by atoms with E-state index >= 15 is 0 Å². The van der Waals surface area contributed by atoms with Gasteiger partial charge in [0.1, 0.15) is 5.92 Å². The molecule has 4 nitrogen and oxygen atoms in total. The van der Waals surface area contributed by atoms with Crippen LogP contribution in [0.2, 0.25) is 0 Å². The molecule has 124 valence electrons. The van der Waals surface area contributed by atoms with Crippen molar-refractivity contribution in [1.82, 2.24) is 4.31 Å². The molecule has 1 heterocycles. The Morgan fingerprint density at radius 2 is 2.04 bits per heavy atom. The van der Waals surface area contributed by atoms with Crippen LogP contribution in [0.5, 0.6) is 0 Å². The molecule has 0 radical (unpaired) electrons. The monoisotopic (exact) mass is 445 g/mol. The molecule has 0 spiro atoms. The van der Waals surface area contributed by atoms with E-state index in [9.17, 15) is 9.59 Å². The first-order valence-corrected chi connectivity index (χ1v) is 10.6. The average Bonchev–Trinajstić information content (AvgIpc) is 2.92. The van der Waals surface area contributed by atoms with Crippen molar-refractivity contribution in [2.75, 3.05) is 6.61 Å². The zero-order valence-electron chi connectivity index (χ0n) is 13.0. The Morgan fingerprint density at radius 1 is 1.39 bits per heavy atom. The van der Waals surface area contributed by atoms with Crippen LogP contribution in [0.4, 0.5) is 0 Å². The molecule has 1 fully saturated rings. The predicted molar refractivity (Wildman–Crippen MR) is 102 cm³/mol. The lowest BCUT2D eigenvalue weighted by Gasteiger charge is -2.20. The summed E-state index contributed by atoms with van der Waals surface area (Å²) in [5, 5.41) is 0. The maximum Gasteiger partial charge on any atom is 0.318 e. The molecule has 0 aromatic heterocycles. The number of hydrogen-bond acceptors (Lipinski definition) is 4. The number of carbonyl (C=O) groups excluding carboxylic acids is 2. The quantitative estimate of drug-likeness (QED) is 0.221. The Labute approximate surface area is 154 Å². The minimum absolute atomic E-state index is 0.0917. The summed E-state index contributed by atoms with van der Waals surface area (Å²) in [6, 6.07) is 10.3. The third kappa shape index (κ3) is 5.43. The summed E-state index contributed by atoms with van der Waals surface area (Å²) in [5.41, 5.74) is 1.25. The molecular weight excluding hydrogens is 425 g/mol. The molecule has 1 aliphatic rings. The van der Waals surface area contributed by atoms with E-state index in [1.54, 1.807) is 11.2 Å². The van der Waals surface area contributed by atoms with Crippen molar-refractivity contribution in [2.45, 2.75) is 32.2 Å². The molecule has 1 aliphatic heterocycles. The normalized spacial score (nSPS) is 19.8. The first kappa shape index (κ1) is 19.8. The summed E-state index contributed by atoms with van der Waals surface area (Å²) < 4.78 is 6.73. The first-order chi connectivity index (χ1) is 11.2. The highest BCUT2D eigenvalue weighted by Crippen LogP contribution is 2.36. The zero-order chi connectivity index (χ0) is 17.2. The number of hydrogen-bond donors (Lipinski definition) is 0. The molecule has 0 unspecified atom stereocenters. The molecular formula is C17H20INO3S. The lowest BCUT2D eigenvalue weighted by atomic mass is 10.00. The first-order valence-electron chi connectivity index (χ1n) is 7.33. The molecule has 1 aromatic rings. The van der Waals surface area contributed by atoms with Crippen LogP contribution >= 0.6 is 30.3 Å². The molecule has 0 N–H and O–H groups in total. The SMILES string of the molecule is C#C.CCOC(=O)[C@H]1C[C@@H](CCc2ccccc2)N(SI)C1=O. The number of aryl methyl sites for hydroxylation is 1. The molecule has 23 heavy (non-hydrogen) atoms. The topological polar surface area (TPSA) is 46.6 Å². The number of terminal acetylenes is 1. The van der Waals surface area contributed by atoms with Gasteiger partial charge in [-0.25, -0.2) is 0 Å². The van der Waals surface area contributed by atoms with Crippen LogP contribution in [-0.2, 0) is 20.7 Å². The molecule has 0 aliphatic carbocycles. The van der Waals surface area contributed by atoms with Gasteiger partial charge in [0.15, 0.2) is 0 Å². The van der Waals surface area contributed by atoms with Gasteiger partial charge in [-0.1, -0.05) is 30.3 Å². The van der Waals surface area contributed by atoms with Gasteiger partial charge >= 0.3 is 5.97 Å². The van der Waals surface area contributed by atoms with Crippen LogP contribution in [0, 0.1) is 18.8 Å². The van der Waals surface area contributed by atoms with Crippen molar-refractivity contribution in [3.05, 3.63) is 35.9 Å². The van der Waals surface area contributed by atoms with E-state index in [4.69, 9.17) is 4.74 Å². The third-order valence-corrected chi connectivity index (χ3v) is 5.51. The van der Waals surface area contributed by atoms with E-state index in [0.717, 1.165) is 12.8 Å². The Bertz CT molecular complexity index is 535. The van der Waals surface area contributed by atoms with E-state index in [2.05, 4.69) is 46.2 Å². The Balaban J connectivity index is 0.00000127. The highest BCUT2D eigenvalue weighted by Gasteiger charge is 2.44. The summed E-state index contributed by atoms with van der Waals surface area (Å²) in [4.78, 5) is 24.1. The lowest BCUT2D eigenvalue weighted by Crippen LogP contribution is -2.29. The fourth-order valence-corrected chi connectivity index (χ4v) is 4.59. The van der Waals surface area contributed by atoms with Crippen LogP contribution < -0.4 is 0 Å². The number of halogens is 1. The smallest absolute Gasteiger partial charge is 0.318 e. The van der Waals surface area contributed by atoms with E-state index in [0.29, 0.717) is 13.0 Å². The number of carbonyl (C=O) groups is 2. The number of benzene rings is 1. The summed E-state index contributed by atoms with van der Waals surface area (Å²) in [6.45, 7) is 2.07. The van der Waals surface area contributed by atoms with E-state index in [-0.39, 0.29) is 17.9 Å². The molecule has 0 bridgehead atoms. The fraction of sp³-hybridized carbons (Fsp3) is 0.412. The lowest BCUT2D eigenvalue weighted by molar-refractivity contribution is -0.151. The number of esters is 1. The second-order valence-electron chi connectivity index (χ2n) is 4.95. The Hall–Kier alpha value is -1.20. The molecule has 2 rings (SSSR count). The van der Waals surface area contributed by atoms with Crippen molar-refractivity contribution < 1.29 is 14.3 Å². The van der Waals surface area contributed by atoms with Crippen molar-refractivity contribution in [1.29, 1.82) is 0 Å². The van der Waals surface area contributed by atoms with Gasteiger partial charge < -0.3 is 4.74 Å². The molecule has 2 atom stereocenters. The van der Waals surface area contributed by atoms with Gasteiger partial charge in [0.05, 0.1) is 6.61 Å². The third-order valence-electron chi connectivity index (χ3n) is 3.61. The molecule has 0 saturated carbocycles.